The van der Waals surface area contributed by atoms with E-state index in [0.29, 0.717) is 22.6 Å². The lowest BCUT2D eigenvalue weighted by atomic mass is 9.99. The van der Waals surface area contributed by atoms with Crippen molar-refractivity contribution < 1.29 is 4.52 Å². The van der Waals surface area contributed by atoms with Crippen LogP contribution < -0.4 is 10.6 Å². The third-order valence-electron chi connectivity index (χ3n) is 4.88. The number of halogens is 1. The van der Waals surface area contributed by atoms with Crippen molar-refractivity contribution in [2.75, 3.05) is 17.2 Å². The molecule has 0 bridgehead atoms. The fourth-order valence-electron chi connectivity index (χ4n) is 3.38. The van der Waals surface area contributed by atoms with Gasteiger partial charge in [-0.15, -0.1) is 0 Å². The number of nitrogen functional groups attached to an aromatic ring is 1. The molecule has 0 aliphatic carbocycles. The smallest absolute Gasteiger partial charge is 0.229 e. The third kappa shape index (κ3) is 3.60. The maximum atomic E-state index is 6.31. The first-order valence-corrected chi connectivity index (χ1v) is 9.36. The van der Waals surface area contributed by atoms with Crippen molar-refractivity contribution in [3.8, 4) is 0 Å². The fraction of sp³-hybridized carbons (Fsp3) is 0.368. The Balaban J connectivity index is 1.53. The van der Waals surface area contributed by atoms with Crippen LogP contribution >= 0.6 is 11.6 Å². The molecular formula is C19H21ClN6O. The Morgan fingerprint density at radius 1 is 1.33 bits per heavy atom. The van der Waals surface area contributed by atoms with Gasteiger partial charge in [-0.25, -0.2) is 4.98 Å². The number of nitrogens with two attached hydrogens (primary N) is 1. The van der Waals surface area contributed by atoms with Crippen molar-refractivity contribution in [1.29, 1.82) is 0 Å². The van der Waals surface area contributed by atoms with E-state index in [2.05, 4.69) is 50.1 Å². The van der Waals surface area contributed by atoms with E-state index in [1.807, 2.05) is 6.92 Å². The lowest BCUT2D eigenvalue weighted by Gasteiger charge is -2.20. The summed E-state index contributed by atoms with van der Waals surface area (Å²) in [5.74, 6) is 2.47. The molecule has 0 saturated carbocycles. The van der Waals surface area contributed by atoms with Gasteiger partial charge in [0.1, 0.15) is 5.02 Å². The molecule has 1 aliphatic heterocycles. The molecule has 0 radical (unpaired) electrons. The molecule has 0 amide bonds. The monoisotopic (exact) mass is 384 g/mol. The van der Waals surface area contributed by atoms with Gasteiger partial charge >= 0.3 is 0 Å². The number of fused-ring (bicyclic) bond motifs is 1. The molecule has 0 spiro atoms. The number of hydrogen-bond donors (Lipinski definition) is 1. The highest BCUT2D eigenvalue weighted by atomic mass is 35.5. The highest BCUT2D eigenvalue weighted by Crippen LogP contribution is 2.37. The van der Waals surface area contributed by atoms with Crippen LogP contribution in [0.25, 0.3) is 0 Å². The van der Waals surface area contributed by atoms with Gasteiger partial charge in [-0.1, -0.05) is 35.8 Å². The lowest BCUT2D eigenvalue weighted by Crippen LogP contribution is -2.16. The summed E-state index contributed by atoms with van der Waals surface area (Å²) in [6, 6.07) is 6.58. The van der Waals surface area contributed by atoms with E-state index in [9.17, 15) is 0 Å². The molecule has 3 aromatic rings. The minimum atomic E-state index is 0.215. The molecule has 140 valence electrons. The van der Waals surface area contributed by atoms with Crippen LogP contribution in [0.2, 0.25) is 5.02 Å². The van der Waals surface area contributed by atoms with E-state index in [1.165, 1.54) is 11.1 Å². The van der Waals surface area contributed by atoms with Crippen LogP contribution in [-0.4, -0.2) is 26.7 Å². The van der Waals surface area contributed by atoms with E-state index >= 15 is 0 Å². The third-order valence-corrected chi connectivity index (χ3v) is 5.14. The summed E-state index contributed by atoms with van der Waals surface area (Å²) in [5, 5.41) is 4.37. The van der Waals surface area contributed by atoms with Gasteiger partial charge in [-0.2, -0.15) is 9.97 Å². The average Bonchev–Trinajstić information content (AvgIpc) is 3.27. The van der Waals surface area contributed by atoms with E-state index in [4.69, 9.17) is 21.9 Å². The molecule has 4 rings (SSSR count). The van der Waals surface area contributed by atoms with E-state index in [1.54, 1.807) is 6.20 Å². The van der Waals surface area contributed by atoms with Gasteiger partial charge in [0.25, 0.3) is 0 Å². The largest absolute Gasteiger partial charge is 0.368 e. The van der Waals surface area contributed by atoms with E-state index < -0.39 is 0 Å². The van der Waals surface area contributed by atoms with Crippen LogP contribution in [0.5, 0.6) is 0 Å². The SMILES string of the molecule is Cc1noc(C(C)CCc2ccc3c(c2)N(c2nc(N)ncc2Cl)CC3)n1. The predicted molar refractivity (Wildman–Crippen MR) is 104 cm³/mol. The van der Waals surface area contributed by atoms with Gasteiger partial charge in [0.15, 0.2) is 11.6 Å². The van der Waals surface area contributed by atoms with Crippen LogP contribution in [0.15, 0.2) is 28.9 Å². The van der Waals surface area contributed by atoms with Gasteiger partial charge in [0, 0.05) is 18.2 Å². The zero-order chi connectivity index (χ0) is 19.0. The minimum absolute atomic E-state index is 0.215. The number of nitrogens with zero attached hydrogens (tertiary/aromatic N) is 5. The van der Waals surface area contributed by atoms with E-state index in [-0.39, 0.29) is 11.9 Å². The molecule has 7 nitrogen and oxygen atoms in total. The molecule has 1 atom stereocenters. The molecule has 2 N–H and O–H groups in total. The zero-order valence-corrected chi connectivity index (χ0v) is 16.1. The predicted octanol–water partition coefficient (Wildman–Crippen LogP) is 3.83. The van der Waals surface area contributed by atoms with Crippen molar-refractivity contribution in [3.63, 3.8) is 0 Å². The van der Waals surface area contributed by atoms with Crippen molar-refractivity contribution in [3.05, 3.63) is 52.3 Å². The zero-order valence-electron chi connectivity index (χ0n) is 15.3. The Kier molecular flexibility index (Phi) is 4.70. The Hall–Kier alpha value is -2.67. The molecule has 2 aromatic heterocycles. The van der Waals surface area contributed by atoms with Crippen molar-refractivity contribution in [2.24, 2.45) is 0 Å². The highest BCUT2D eigenvalue weighted by molar-refractivity contribution is 6.33. The van der Waals surface area contributed by atoms with Crippen LogP contribution in [0, 0.1) is 6.92 Å². The van der Waals surface area contributed by atoms with Crippen molar-refractivity contribution in [2.45, 2.75) is 39.0 Å². The second-order valence-corrected chi connectivity index (χ2v) is 7.29. The number of hydrogen-bond acceptors (Lipinski definition) is 7. The molecular weight excluding hydrogens is 364 g/mol. The van der Waals surface area contributed by atoms with E-state index in [0.717, 1.165) is 31.5 Å². The van der Waals surface area contributed by atoms with Crippen LogP contribution in [-0.2, 0) is 12.8 Å². The summed E-state index contributed by atoms with van der Waals surface area (Å²) in [5.41, 5.74) is 9.43. The number of rotatable bonds is 5. The van der Waals surface area contributed by atoms with Crippen LogP contribution in [0.4, 0.5) is 17.5 Å². The molecule has 1 unspecified atom stereocenters. The highest BCUT2D eigenvalue weighted by Gasteiger charge is 2.24. The average molecular weight is 385 g/mol. The first-order chi connectivity index (χ1) is 13.0. The van der Waals surface area contributed by atoms with Crippen molar-refractivity contribution >= 4 is 29.1 Å². The number of aryl methyl sites for hydroxylation is 2. The Labute approximate surface area is 162 Å². The maximum absolute atomic E-state index is 6.31. The number of anilines is 3. The van der Waals surface area contributed by atoms with Gasteiger partial charge in [-0.3, -0.25) is 0 Å². The molecule has 1 aliphatic rings. The molecule has 27 heavy (non-hydrogen) atoms. The summed E-state index contributed by atoms with van der Waals surface area (Å²) < 4.78 is 5.28. The lowest BCUT2D eigenvalue weighted by molar-refractivity contribution is 0.351. The van der Waals surface area contributed by atoms with Gasteiger partial charge in [-0.05, 0) is 43.4 Å². The molecule has 0 saturated heterocycles. The quantitative estimate of drug-likeness (QED) is 0.714. The van der Waals surface area contributed by atoms with Crippen LogP contribution in [0.1, 0.15) is 42.1 Å². The minimum Gasteiger partial charge on any atom is -0.368 e. The topological polar surface area (TPSA) is 94.0 Å². The maximum Gasteiger partial charge on any atom is 0.229 e. The summed E-state index contributed by atoms with van der Waals surface area (Å²) in [6.07, 6.45) is 4.35. The Morgan fingerprint density at radius 3 is 2.96 bits per heavy atom. The summed E-state index contributed by atoms with van der Waals surface area (Å²) in [6.45, 7) is 4.77. The summed E-state index contributed by atoms with van der Waals surface area (Å²) in [7, 11) is 0. The molecule has 3 heterocycles. The fourth-order valence-corrected chi connectivity index (χ4v) is 3.57. The first-order valence-electron chi connectivity index (χ1n) is 8.99. The second-order valence-electron chi connectivity index (χ2n) is 6.88. The molecule has 1 aromatic carbocycles. The standard InChI is InChI=1S/C19H21ClN6O/c1-11(18-23-12(2)25-27-18)3-4-13-5-6-14-7-8-26(16(14)9-13)17-15(20)10-22-19(21)24-17/h5-6,9-11H,3-4,7-8H2,1-2H3,(H2,21,22,24). The molecule has 8 heteroatoms. The van der Waals surface area contributed by atoms with Crippen molar-refractivity contribution in [1.82, 2.24) is 20.1 Å². The van der Waals surface area contributed by atoms with Gasteiger partial charge < -0.3 is 15.2 Å². The second kappa shape index (κ2) is 7.15. The number of benzene rings is 1. The Bertz CT molecular complexity index is 973. The summed E-state index contributed by atoms with van der Waals surface area (Å²) >= 11 is 6.31. The molecule has 0 fully saturated rings. The first kappa shape index (κ1) is 17.7. The van der Waals surface area contributed by atoms with Gasteiger partial charge in [0.05, 0.1) is 6.20 Å². The summed E-state index contributed by atoms with van der Waals surface area (Å²) in [4.78, 5) is 14.7. The van der Waals surface area contributed by atoms with Crippen LogP contribution in [0.3, 0.4) is 0 Å². The Morgan fingerprint density at radius 2 is 2.19 bits per heavy atom. The number of aromatic nitrogens is 4. The van der Waals surface area contributed by atoms with Gasteiger partial charge in [0.2, 0.25) is 11.8 Å². The normalized spacial score (nSPS) is 14.4.